The fraction of sp³-hybridized carbons (Fsp3) is 0.786. The van der Waals surface area contributed by atoms with Crippen molar-refractivity contribution >= 4 is 28.1 Å². The van der Waals surface area contributed by atoms with E-state index < -0.39 is 20.9 Å². The monoisotopic (exact) mass is 961 g/mol. The van der Waals surface area contributed by atoms with E-state index in [4.69, 9.17) is 9.47 Å². The Morgan fingerprint density at radius 1 is 0.410 bits per heavy atom. The zero-order chi connectivity index (χ0) is 44.1. The summed E-state index contributed by atoms with van der Waals surface area (Å²) in [5.74, 6) is 2.82. The van der Waals surface area contributed by atoms with Crippen molar-refractivity contribution < 1.29 is 19.7 Å². The zero-order valence-corrected chi connectivity index (χ0v) is 43.5. The molecule has 2 heterocycles. The molecule has 2 aliphatic heterocycles. The third kappa shape index (κ3) is 16.4. The van der Waals surface area contributed by atoms with Gasteiger partial charge in [-0.2, -0.15) is 0 Å². The summed E-state index contributed by atoms with van der Waals surface area (Å²) in [5, 5.41) is 23.5. The van der Waals surface area contributed by atoms with Gasteiger partial charge < -0.3 is 0 Å². The van der Waals surface area contributed by atoms with Crippen LogP contribution >= 0.6 is 0 Å². The van der Waals surface area contributed by atoms with E-state index in [1.54, 1.807) is 0 Å². The Kier molecular flexibility index (Phi) is 23.6. The summed E-state index contributed by atoms with van der Waals surface area (Å²) in [4.78, 5) is 0. The van der Waals surface area contributed by atoms with E-state index in [9.17, 15) is 10.2 Å². The molecule has 2 aromatic carbocycles. The van der Waals surface area contributed by atoms with Crippen molar-refractivity contribution in [1.29, 1.82) is 0 Å². The molecule has 61 heavy (non-hydrogen) atoms. The molecule has 0 saturated carbocycles. The summed E-state index contributed by atoms with van der Waals surface area (Å²) in [6, 6.07) is 0. The van der Waals surface area contributed by atoms with Gasteiger partial charge in [-0.3, -0.25) is 0 Å². The van der Waals surface area contributed by atoms with Crippen LogP contribution in [0.15, 0.2) is 0 Å². The van der Waals surface area contributed by atoms with Gasteiger partial charge in [-0.15, -0.1) is 0 Å². The Morgan fingerprint density at radius 3 is 0.951 bits per heavy atom. The minimum atomic E-state index is -1.16. The van der Waals surface area contributed by atoms with Gasteiger partial charge in [0.15, 0.2) is 0 Å². The summed E-state index contributed by atoms with van der Waals surface area (Å²) in [5.41, 5.74) is 6.06. The number of ether oxygens (including phenoxy) is 2. The topological polar surface area (TPSA) is 58.9 Å². The van der Waals surface area contributed by atoms with Gasteiger partial charge in [0.25, 0.3) is 0 Å². The van der Waals surface area contributed by atoms with Gasteiger partial charge in [0, 0.05) is 0 Å². The van der Waals surface area contributed by atoms with Gasteiger partial charge in [-0.1, -0.05) is 117 Å². The SMILES string of the molecule is CCCCCCCCCCCCCCCC[C@]1(C)CCc2c(C)c(O)c([Te]c3c(C)c4c(c(C)c3O)CC[C@@](C)(CCCCCCCCCCCCCCCC)O4)c(C)c2O1. The van der Waals surface area contributed by atoms with Crippen LogP contribution in [0.5, 0.6) is 23.0 Å². The average Bonchev–Trinajstić information content (AvgIpc) is 3.24. The number of unbranched alkanes of at least 4 members (excludes halogenated alkanes) is 26. The first-order valence-corrected chi connectivity index (χ1v) is 28.5. The van der Waals surface area contributed by atoms with Crippen LogP contribution < -0.4 is 16.7 Å². The van der Waals surface area contributed by atoms with Crippen LogP contribution in [0.3, 0.4) is 0 Å². The Bertz CT molecular complexity index is 1470. The normalized spacial score (nSPS) is 18.5. The number of rotatable bonds is 32. The van der Waals surface area contributed by atoms with E-state index in [1.807, 2.05) is 0 Å². The van der Waals surface area contributed by atoms with Crippen molar-refractivity contribution in [3.8, 4) is 23.0 Å². The van der Waals surface area contributed by atoms with Gasteiger partial charge in [0.1, 0.15) is 0 Å². The quantitative estimate of drug-likeness (QED) is 0.0567. The molecule has 2 aromatic rings. The van der Waals surface area contributed by atoms with Crippen molar-refractivity contribution in [3.05, 3.63) is 33.4 Å². The van der Waals surface area contributed by atoms with Crippen molar-refractivity contribution in [1.82, 2.24) is 0 Å². The fourth-order valence-electron chi connectivity index (χ4n) is 10.3. The number of hydrogen-bond donors (Lipinski definition) is 2. The van der Waals surface area contributed by atoms with Crippen molar-refractivity contribution in [2.24, 2.45) is 0 Å². The molecule has 0 spiro atoms. The summed E-state index contributed by atoms with van der Waals surface area (Å²) in [6.45, 7) is 17.7. The Balaban J connectivity index is 1.26. The maximum absolute atomic E-state index is 11.8. The van der Waals surface area contributed by atoms with Gasteiger partial charge in [0.2, 0.25) is 0 Å². The predicted octanol–water partition coefficient (Wildman–Crippen LogP) is 15.9. The Labute approximate surface area is 387 Å². The van der Waals surface area contributed by atoms with E-state index in [-0.39, 0.29) is 11.2 Å². The number of fused-ring (bicyclic) bond motifs is 2. The van der Waals surface area contributed by atoms with E-state index >= 15 is 0 Å². The molecule has 2 atom stereocenters. The van der Waals surface area contributed by atoms with E-state index in [1.165, 1.54) is 191 Å². The van der Waals surface area contributed by atoms with Crippen LogP contribution in [-0.4, -0.2) is 42.3 Å². The number of phenolic OH excluding ortho intramolecular Hbond substituents is 2. The molecule has 0 amide bonds. The molecule has 0 saturated heterocycles. The first kappa shape index (κ1) is 52.1. The van der Waals surface area contributed by atoms with E-state index in [0.717, 1.165) is 79.5 Å². The standard InChI is InChI=1S/C56H94O4Te/c1-9-11-13-15-17-19-21-23-25-27-29-31-33-35-39-55(7)41-37-47-43(3)49(57)53(45(5)51(47)59-55)61-54-46(6)52-48(44(4)50(54)58)38-42-56(8,60-52)40-36-34-32-30-28-26-24-22-20-18-16-14-12-10-2/h57-58H,9-42H2,1-8H3/t55-,56-/m1/s1. The third-order valence-corrected chi connectivity index (χ3v) is 18.8. The summed E-state index contributed by atoms with van der Waals surface area (Å²) in [7, 11) is 0. The molecule has 2 aliphatic rings. The molecule has 5 heteroatoms. The van der Waals surface area contributed by atoms with Crippen LogP contribution in [0, 0.1) is 27.7 Å². The summed E-state index contributed by atoms with van der Waals surface area (Å²) in [6.07, 6.45) is 44.6. The molecule has 4 rings (SSSR count). The molecule has 0 aliphatic carbocycles. The fourth-order valence-corrected chi connectivity index (χ4v) is 13.7. The molecule has 0 aromatic heterocycles. The molecular formula is C56H94O4Te. The third-order valence-electron chi connectivity index (χ3n) is 14.8. The zero-order valence-electron chi connectivity index (χ0n) is 41.2. The number of hydrogen-bond acceptors (Lipinski definition) is 4. The number of phenols is 2. The Morgan fingerprint density at radius 2 is 0.672 bits per heavy atom. The molecule has 4 nitrogen and oxygen atoms in total. The van der Waals surface area contributed by atoms with Crippen molar-refractivity contribution in [2.75, 3.05) is 0 Å². The molecular weight excluding hydrogens is 864 g/mol. The second kappa shape index (κ2) is 27.7. The number of benzene rings is 2. The van der Waals surface area contributed by atoms with Crippen molar-refractivity contribution in [2.45, 2.75) is 285 Å². The molecule has 348 valence electrons. The van der Waals surface area contributed by atoms with Gasteiger partial charge >= 0.3 is 273 Å². The second-order valence-corrected chi connectivity index (χ2v) is 23.3. The van der Waals surface area contributed by atoms with Crippen LogP contribution in [0.25, 0.3) is 0 Å². The van der Waals surface area contributed by atoms with E-state index in [0.29, 0.717) is 11.5 Å². The molecule has 0 fully saturated rings. The van der Waals surface area contributed by atoms with Gasteiger partial charge in [-0.05, 0) is 0 Å². The first-order chi connectivity index (χ1) is 29.4. The van der Waals surface area contributed by atoms with E-state index in [2.05, 4.69) is 55.4 Å². The summed E-state index contributed by atoms with van der Waals surface area (Å²) < 4.78 is 16.0. The molecule has 0 unspecified atom stereocenters. The molecule has 0 bridgehead atoms. The van der Waals surface area contributed by atoms with Gasteiger partial charge in [0.05, 0.1) is 0 Å². The Hall–Kier alpha value is -1.57. The van der Waals surface area contributed by atoms with Gasteiger partial charge in [-0.25, -0.2) is 0 Å². The van der Waals surface area contributed by atoms with Crippen LogP contribution in [0.2, 0.25) is 0 Å². The summed E-state index contributed by atoms with van der Waals surface area (Å²) >= 11 is -1.16. The molecule has 2 N–H and O–H groups in total. The average molecular weight is 959 g/mol. The van der Waals surface area contributed by atoms with Crippen LogP contribution in [0.4, 0.5) is 0 Å². The minimum absolute atomic E-state index is 0.179. The predicted molar refractivity (Wildman–Crippen MR) is 265 cm³/mol. The number of aromatic hydroxyl groups is 2. The maximum atomic E-state index is 11.8. The van der Waals surface area contributed by atoms with Crippen molar-refractivity contribution in [3.63, 3.8) is 0 Å². The second-order valence-electron chi connectivity index (χ2n) is 20.4. The first-order valence-electron chi connectivity index (χ1n) is 26.2. The molecule has 0 radical (unpaired) electrons. The van der Waals surface area contributed by atoms with Crippen LogP contribution in [-0.2, 0) is 12.8 Å². The van der Waals surface area contributed by atoms with Crippen LogP contribution in [0.1, 0.15) is 267 Å².